The Kier molecular flexibility index (Phi) is 5.86. The Morgan fingerprint density at radius 1 is 1.50 bits per heavy atom. The first kappa shape index (κ1) is 14.7. The smallest absolute Gasteiger partial charge is 0.146 e. The van der Waals surface area contributed by atoms with Gasteiger partial charge in [-0.1, -0.05) is 25.1 Å². The second kappa shape index (κ2) is 7.17. The Morgan fingerprint density at radius 3 is 2.83 bits per heavy atom. The van der Waals surface area contributed by atoms with Gasteiger partial charge in [0.15, 0.2) is 0 Å². The van der Waals surface area contributed by atoms with Gasteiger partial charge < -0.3 is 10.2 Å². The van der Waals surface area contributed by atoms with Crippen LogP contribution in [-0.4, -0.2) is 20.1 Å². The van der Waals surface area contributed by atoms with Crippen LogP contribution in [0.5, 0.6) is 0 Å². The molecule has 100 valence electrons. The number of hydrogen-bond donors (Lipinski definition) is 1. The van der Waals surface area contributed by atoms with Crippen molar-refractivity contribution in [1.82, 2.24) is 5.32 Å². The van der Waals surface area contributed by atoms with Gasteiger partial charge in [-0.05, 0) is 31.5 Å². The minimum absolute atomic E-state index is 0.145. The van der Waals surface area contributed by atoms with E-state index in [1.807, 2.05) is 24.1 Å². The van der Waals surface area contributed by atoms with Crippen LogP contribution >= 0.6 is 0 Å². The molecular formula is C15H23FN2. The zero-order valence-corrected chi connectivity index (χ0v) is 11.5. The van der Waals surface area contributed by atoms with E-state index in [9.17, 15) is 4.39 Å². The van der Waals surface area contributed by atoms with Crippen LogP contribution in [-0.2, 0) is 0 Å². The summed E-state index contributed by atoms with van der Waals surface area (Å²) >= 11 is 0. The van der Waals surface area contributed by atoms with E-state index in [1.165, 1.54) is 6.07 Å². The zero-order chi connectivity index (χ0) is 13.5. The van der Waals surface area contributed by atoms with Gasteiger partial charge in [0.25, 0.3) is 0 Å². The molecule has 1 unspecified atom stereocenters. The van der Waals surface area contributed by atoms with Crippen LogP contribution in [0.3, 0.4) is 0 Å². The lowest BCUT2D eigenvalue weighted by molar-refractivity contribution is 0.579. The molecule has 3 heteroatoms. The molecule has 0 fully saturated rings. The predicted octanol–water partition coefficient (Wildman–Crippen LogP) is 3.51. The molecule has 0 spiro atoms. The molecule has 0 saturated heterocycles. The van der Waals surface area contributed by atoms with Crippen molar-refractivity contribution >= 4 is 5.69 Å². The second-order valence-electron chi connectivity index (χ2n) is 4.46. The predicted molar refractivity (Wildman–Crippen MR) is 76.6 cm³/mol. The molecule has 0 bridgehead atoms. The summed E-state index contributed by atoms with van der Waals surface area (Å²) in [6, 6.07) is 5.41. The highest BCUT2D eigenvalue weighted by Gasteiger charge is 2.16. The molecule has 18 heavy (non-hydrogen) atoms. The molecule has 0 amide bonds. The molecule has 1 atom stereocenters. The maximum absolute atomic E-state index is 14.0. The molecule has 0 aliphatic rings. The van der Waals surface area contributed by atoms with Gasteiger partial charge in [-0.15, -0.1) is 6.58 Å². The fraction of sp³-hybridized carbons (Fsp3) is 0.467. The Hall–Kier alpha value is -1.35. The highest BCUT2D eigenvalue weighted by Crippen LogP contribution is 2.28. The van der Waals surface area contributed by atoms with E-state index in [0.717, 1.165) is 25.1 Å². The SMILES string of the molecule is C=CCCN(C)c1c(F)cccc1C(C)NCC. The van der Waals surface area contributed by atoms with Crippen molar-refractivity contribution < 1.29 is 4.39 Å². The highest BCUT2D eigenvalue weighted by atomic mass is 19.1. The van der Waals surface area contributed by atoms with Gasteiger partial charge >= 0.3 is 0 Å². The lowest BCUT2D eigenvalue weighted by Gasteiger charge is -2.25. The van der Waals surface area contributed by atoms with E-state index in [2.05, 4.69) is 25.7 Å². The van der Waals surface area contributed by atoms with E-state index in [1.54, 1.807) is 6.07 Å². The normalized spacial score (nSPS) is 12.2. The Labute approximate surface area is 110 Å². The third-order valence-electron chi connectivity index (χ3n) is 3.05. The quantitative estimate of drug-likeness (QED) is 0.745. The summed E-state index contributed by atoms with van der Waals surface area (Å²) in [5.74, 6) is -0.163. The number of halogens is 1. The van der Waals surface area contributed by atoms with E-state index in [4.69, 9.17) is 0 Å². The summed E-state index contributed by atoms with van der Waals surface area (Å²) in [6.07, 6.45) is 2.70. The van der Waals surface area contributed by atoms with E-state index < -0.39 is 0 Å². The fourth-order valence-electron chi connectivity index (χ4n) is 2.10. The van der Waals surface area contributed by atoms with Crippen LogP contribution in [0.2, 0.25) is 0 Å². The minimum atomic E-state index is -0.163. The number of para-hydroxylation sites is 1. The second-order valence-corrected chi connectivity index (χ2v) is 4.46. The van der Waals surface area contributed by atoms with Crippen molar-refractivity contribution in [2.75, 3.05) is 25.0 Å². The Bertz CT molecular complexity index is 390. The molecule has 0 aliphatic carbocycles. The van der Waals surface area contributed by atoms with Crippen LogP contribution in [0.4, 0.5) is 10.1 Å². The Balaban J connectivity index is 3.03. The van der Waals surface area contributed by atoms with Crippen molar-refractivity contribution in [2.45, 2.75) is 26.3 Å². The molecule has 1 aromatic rings. The third kappa shape index (κ3) is 3.57. The van der Waals surface area contributed by atoms with Gasteiger partial charge in [0.1, 0.15) is 5.82 Å². The van der Waals surface area contributed by atoms with Crippen LogP contribution in [0.1, 0.15) is 31.9 Å². The Morgan fingerprint density at radius 2 is 2.22 bits per heavy atom. The lowest BCUT2D eigenvalue weighted by Crippen LogP contribution is -2.25. The van der Waals surface area contributed by atoms with E-state index >= 15 is 0 Å². The van der Waals surface area contributed by atoms with Crippen LogP contribution in [0, 0.1) is 5.82 Å². The first-order valence-electron chi connectivity index (χ1n) is 6.45. The van der Waals surface area contributed by atoms with Crippen LogP contribution < -0.4 is 10.2 Å². The van der Waals surface area contributed by atoms with Gasteiger partial charge in [-0.2, -0.15) is 0 Å². The third-order valence-corrected chi connectivity index (χ3v) is 3.05. The maximum atomic E-state index is 14.0. The van der Waals surface area contributed by atoms with Gasteiger partial charge in [-0.25, -0.2) is 4.39 Å². The fourth-order valence-corrected chi connectivity index (χ4v) is 2.10. The largest absolute Gasteiger partial charge is 0.372 e. The summed E-state index contributed by atoms with van der Waals surface area (Å²) < 4.78 is 14.0. The van der Waals surface area contributed by atoms with Gasteiger partial charge in [0.2, 0.25) is 0 Å². The van der Waals surface area contributed by atoms with Gasteiger partial charge in [-0.3, -0.25) is 0 Å². The van der Waals surface area contributed by atoms with Crippen molar-refractivity contribution in [3.8, 4) is 0 Å². The van der Waals surface area contributed by atoms with Crippen LogP contribution in [0.15, 0.2) is 30.9 Å². The number of rotatable bonds is 7. The number of anilines is 1. The topological polar surface area (TPSA) is 15.3 Å². The van der Waals surface area contributed by atoms with Crippen molar-refractivity contribution in [3.05, 3.63) is 42.2 Å². The average molecular weight is 250 g/mol. The summed E-state index contributed by atoms with van der Waals surface area (Å²) in [5, 5.41) is 3.33. The summed E-state index contributed by atoms with van der Waals surface area (Å²) in [6.45, 7) is 9.46. The van der Waals surface area contributed by atoms with Crippen molar-refractivity contribution in [2.24, 2.45) is 0 Å². The first-order chi connectivity index (χ1) is 8.61. The van der Waals surface area contributed by atoms with E-state index in [-0.39, 0.29) is 11.9 Å². The zero-order valence-electron chi connectivity index (χ0n) is 11.5. The summed E-state index contributed by atoms with van der Waals surface area (Å²) in [7, 11) is 1.92. The number of benzene rings is 1. The summed E-state index contributed by atoms with van der Waals surface area (Å²) in [5.41, 5.74) is 1.69. The number of hydrogen-bond acceptors (Lipinski definition) is 2. The molecule has 1 N–H and O–H groups in total. The van der Waals surface area contributed by atoms with Gasteiger partial charge in [0, 0.05) is 19.6 Å². The van der Waals surface area contributed by atoms with Crippen molar-refractivity contribution in [1.29, 1.82) is 0 Å². The van der Waals surface area contributed by atoms with E-state index in [0.29, 0.717) is 5.69 Å². The molecule has 1 aromatic carbocycles. The maximum Gasteiger partial charge on any atom is 0.146 e. The standard InChI is InChI=1S/C15H23FN2/c1-5-7-11-18(4)15-13(12(3)17-6-2)9-8-10-14(15)16/h5,8-10,12,17H,1,6-7,11H2,2-4H3. The van der Waals surface area contributed by atoms with Crippen LogP contribution in [0.25, 0.3) is 0 Å². The van der Waals surface area contributed by atoms with Gasteiger partial charge in [0.05, 0.1) is 5.69 Å². The number of nitrogens with zero attached hydrogens (tertiary/aromatic N) is 1. The molecule has 1 rings (SSSR count). The molecule has 2 nitrogen and oxygen atoms in total. The summed E-state index contributed by atoms with van der Waals surface area (Å²) in [4.78, 5) is 1.96. The first-order valence-corrected chi connectivity index (χ1v) is 6.45. The molecular weight excluding hydrogens is 227 g/mol. The highest BCUT2D eigenvalue weighted by molar-refractivity contribution is 5.55. The average Bonchev–Trinajstić information content (AvgIpc) is 2.35. The molecule has 0 radical (unpaired) electrons. The molecule has 0 aromatic heterocycles. The molecule has 0 aliphatic heterocycles. The molecule has 0 heterocycles. The minimum Gasteiger partial charge on any atom is -0.372 e. The monoisotopic (exact) mass is 250 g/mol. The van der Waals surface area contributed by atoms with Crippen molar-refractivity contribution in [3.63, 3.8) is 0 Å². The molecule has 0 saturated carbocycles. The number of nitrogens with one attached hydrogen (secondary N) is 1. The lowest BCUT2D eigenvalue weighted by atomic mass is 10.0.